The molecule has 3 heterocycles. The Hall–Kier alpha value is -3.04. The number of carboxylic acid groups (broad SMARTS) is 1. The zero-order chi connectivity index (χ0) is 20.6. The van der Waals surface area contributed by atoms with E-state index in [9.17, 15) is 19.8 Å². The van der Waals surface area contributed by atoms with Gasteiger partial charge >= 0.3 is 5.97 Å². The van der Waals surface area contributed by atoms with Crippen molar-refractivity contribution in [1.82, 2.24) is 24.6 Å². The first-order valence-corrected chi connectivity index (χ1v) is 9.48. The van der Waals surface area contributed by atoms with E-state index >= 15 is 0 Å². The first-order valence-electron chi connectivity index (χ1n) is 9.48. The largest absolute Gasteiger partial charge is 0.481 e. The van der Waals surface area contributed by atoms with E-state index in [2.05, 4.69) is 15.1 Å². The fourth-order valence-corrected chi connectivity index (χ4v) is 4.08. The van der Waals surface area contributed by atoms with Gasteiger partial charge in [0.1, 0.15) is 16.6 Å². The third kappa shape index (κ3) is 3.54. The minimum Gasteiger partial charge on any atom is -0.481 e. The van der Waals surface area contributed by atoms with E-state index in [1.165, 1.54) is 10.9 Å². The highest BCUT2D eigenvalue weighted by atomic mass is 16.4. The van der Waals surface area contributed by atoms with Crippen molar-refractivity contribution < 1.29 is 15.0 Å². The van der Waals surface area contributed by atoms with E-state index in [1.54, 1.807) is 7.05 Å². The number of aliphatic hydroxyl groups is 1. The number of carbonyl (C=O) groups is 1. The van der Waals surface area contributed by atoms with Gasteiger partial charge in [0, 0.05) is 20.1 Å². The monoisotopic (exact) mass is 397 g/mol. The van der Waals surface area contributed by atoms with Gasteiger partial charge in [-0.3, -0.25) is 19.2 Å². The number of rotatable bonds is 5. The third-order valence-electron chi connectivity index (χ3n) is 5.67. The van der Waals surface area contributed by atoms with E-state index in [0.717, 1.165) is 5.56 Å². The number of carboxylic acids is 1. The van der Waals surface area contributed by atoms with Gasteiger partial charge in [-0.15, -0.1) is 0 Å². The summed E-state index contributed by atoms with van der Waals surface area (Å²) in [5.41, 5.74) is -0.256. The van der Waals surface area contributed by atoms with Crippen LogP contribution in [0.3, 0.4) is 0 Å². The molecule has 0 amide bonds. The van der Waals surface area contributed by atoms with Gasteiger partial charge in [0.15, 0.2) is 5.65 Å². The summed E-state index contributed by atoms with van der Waals surface area (Å²) >= 11 is 0. The summed E-state index contributed by atoms with van der Waals surface area (Å²) in [6.45, 7) is 0.955. The lowest BCUT2D eigenvalue weighted by molar-refractivity contribution is -0.163. The Bertz CT molecular complexity index is 1090. The molecule has 3 aromatic rings. The first-order chi connectivity index (χ1) is 13.9. The molecule has 1 fully saturated rings. The number of nitrogens with one attached hydrogen (secondary N) is 1. The molecule has 3 N–H and O–H groups in total. The van der Waals surface area contributed by atoms with E-state index in [4.69, 9.17) is 0 Å². The minimum atomic E-state index is -1.32. The van der Waals surface area contributed by atoms with Gasteiger partial charge in [-0.2, -0.15) is 5.10 Å². The number of aromatic amines is 1. The maximum absolute atomic E-state index is 12.3. The van der Waals surface area contributed by atoms with Crippen LogP contribution in [0.25, 0.3) is 11.0 Å². The number of nitrogens with zero attached hydrogens (tertiary/aromatic N) is 4. The zero-order valence-electron chi connectivity index (χ0n) is 16.1. The number of aliphatic hydroxyl groups excluding tert-OH is 1. The Labute approximate surface area is 166 Å². The van der Waals surface area contributed by atoms with Gasteiger partial charge < -0.3 is 15.2 Å². The minimum absolute atomic E-state index is 0.158. The SMILES string of the molecule is Cn1ncc2c(=O)[nH]c(CN3CC[C@H](O)[C@](Cc4ccccc4)(C(=O)O)C3)nc21. The van der Waals surface area contributed by atoms with Gasteiger partial charge in [0.2, 0.25) is 0 Å². The Kier molecular flexibility index (Phi) is 4.93. The van der Waals surface area contributed by atoms with Crippen molar-refractivity contribution >= 4 is 17.0 Å². The maximum Gasteiger partial charge on any atom is 0.313 e. The van der Waals surface area contributed by atoms with Crippen molar-refractivity contribution in [2.24, 2.45) is 12.5 Å². The van der Waals surface area contributed by atoms with Crippen LogP contribution in [0.5, 0.6) is 0 Å². The Morgan fingerprint density at radius 2 is 2.10 bits per heavy atom. The highest BCUT2D eigenvalue weighted by Crippen LogP contribution is 2.35. The number of H-pyrrole nitrogens is 1. The number of aryl methyl sites for hydroxylation is 1. The van der Waals surface area contributed by atoms with Gasteiger partial charge in [-0.1, -0.05) is 30.3 Å². The van der Waals surface area contributed by atoms with Crippen LogP contribution < -0.4 is 5.56 Å². The molecule has 1 saturated heterocycles. The van der Waals surface area contributed by atoms with E-state index in [0.29, 0.717) is 29.8 Å². The second-order valence-electron chi connectivity index (χ2n) is 7.66. The summed E-state index contributed by atoms with van der Waals surface area (Å²) in [4.78, 5) is 33.7. The van der Waals surface area contributed by atoms with Crippen LogP contribution in [0.1, 0.15) is 17.8 Å². The van der Waals surface area contributed by atoms with Crippen molar-refractivity contribution in [2.75, 3.05) is 13.1 Å². The molecule has 9 nitrogen and oxygen atoms in total. The van der Waals surface area contributed by atoms with E-state index in [1.807, 2.05) is 35.2 Å². The lowest BCUT2D eigenvalue weighted by atomic mass is 9.73. The van der Waals surface area contributed by atoms with Gasteiger partial charge in [-0.05, 0) is 18.4 Å². The molecule has 4 rings (SSSR count). The summed E-state index contributed by atoms with van der Waals surface area (Å²) in [6.07, 6.45) is 1.07. The Morgan fingerprint density at radius 1 is 1.34 bits per heavy atom. The van der Waals surface area contributed by atoms with Crippen LogP contribution in [0.15, 0.2) is 41.3 Å². The number of piperidine rings is 1. The first kappa shape index (κ1) is 19.3. The number of fused-ring (bicyclic) bond motifs is 1. The van der Waals surface area contributed by atoms with E-state index < -0.39 is 17.5 Å². The predicted octanol–water partition coefficient (Wildman–Crippen LogP) is 0.537. The number of aliphatic carboxylic acids is 1. The molecule has 29 heavy (non-hydrogen) atoms. The number of likely N-dealkylation sites (tertiary alicyclic amines) is 1. The summed E-state index contributed by atoms with van der Waals surface area (Å²) in [5.74, 6) is -0.580. The van der Waals surface area contributed by atoms with Gasteiger partial charge in [-0.25, -0.2) is 4.98 Å². The molecule has 0 unspecified atom stereocenters. The number of hydrogen-bond donors (Lipinski definition) is 3. The fraction of sp³-hybridized carbons (Fsp3) is 0.400. The summed E-state index contributed by atoms with van der Waals surface area (Å²) in [6, 6.07) is 9.32. The van der Waals surface area contributed by atoms with Crippen LogP contribution in [-0.2, 0) is 24.8 Å². The van der Waals surface area contributed by atoms with Crippen LogP contribution in [0, 0.1) is 5.41 Å². The zero-order valence-corrected chi connectivity index (χ0v) is 16.1. The maximum atomic E-state index is 12.3. The van der Waals surface area contributed by atoms with Crippen molar-refractivity contribution in [2.45, 2.75) is 25.5 Å². The molecule has 0 radical (unpaired) electrons. The molecule has 1 aromatic carbocycles. The van der Waals surface area contributed by atoms with Crippen LogP contribution >= 0.6 is 0 Å². The van der Waals surface area contributed by atoms with Crippen LogP contribution in [0.2, 0.25) is 0 Å². The smallest absolute Gasteiger partial charge is 0.313 e. The lowest BCUT2D eigenvalue weighted by Gasteiger charge is -2.43. The number of benzene rings is 1. The van der Waals surface area contributed by atoms with Gasteiger partial charge in [0.05, 0.1) is 18.8 Å². The molecule has 152 valence electrons. The Balaban J connectivity index is 1.61. The second kappa shape index (κ2) is 7.41. The quantitative estimate of drug-likeness (QED) is 0.574. The third-order valence-corrected chi connectivity index (χ3v) is 5.67. The molecule has 2 aromatic heterocycles. The average Bonchev–Trinajstić information content (AvgIpc) is 3.06. The molecular formula is C20H23N5O4. The molecule has 2 atom stereocenters. The van der Waals surface area contributed by atoms with Crippen LogP contribution in [-0.4, -0.2) is 60.0 Å². The topological polar surface area (TPSA) is 124 Å². The second-order valence-corrected chi connectivity index (χ2v) is 7.66. The molecular weight excluding hydrogens is 374 g/mol. The molecule has 0 aliphatic carbocycles. The normalized spacial score (nSPS) is 22.8. The molecule has 1 aliphatic rings. The summed E-state index contributed by atoms with van der Waals surface area (Å²) < 4.78 is 1.53. The van der Waals surface area contributed by atoms with Crippen LogP contribution in [0.4, 0.5) is 0 Å². The molecule has 0 saturated carbocycles. The lowest BCUT2D eigenvalue weighted by Crippen LogP contribution is -2.57. The molecule has 0 spiro atoms. The van der Waals surface area contributed by atoms with Crippen molar-refractivity contribution in [3.63, 3.8) is 0 Å². The van der Waals surface area contributed by atoms with Crippen molar-refractivity contribution in [3.05, 3.63) is 58.3 Å². The predicted molar refractivity (Wildman–Crippen MR) is 105 cm³/mol. The average molecular weight is 397 g/mol. The van der Waals surface area contributed by atoms with Crippen molar-refractivity contribution in [1.29, 1.82) is 0 Å². The molecule has 1 aliphatic heterocycles. The summed E-state index contributed by atoms with van der Waals surface area (Å²) in [7, 11) is 1.71. The Morgan fingerprint density at radius 3 is 2.83 bits per heavy atom. The number of hydrogen-bond acceptors (Lipinski definition) is 6. The number of aromatic nitrogens is 4. The van der Waals surface area contributed by atoms with Gasteiger partial charge in [0.25, 0.3) is 5.56 Å². The van der Waals surface area contributed by atoms with E-state index in [-0.39, 0.29) is 25.1 Å². The highest BCUT2D eigenvalue weighted by Gasteiger charge is 2.49. The highest BCUT2D eigenvalue weighted by molar-refractivity contribution is 5.76. The molecule has 9 heteroatoms. The molecule has 0 bridgehead atoms. The standard InChI is InChI=1S/C20H23N5O4/c1-24-17-14(10-21-24)18(27)23-16(22-17)11-25-8-7-15(26)20(12-25,19(28)29)9-13-5-3-2-4-6-13/h2-6,10,15,26H,7-9,11-12H2,1H3,(H,28,29)(H,22,23,27)/t15-,20+/m0/s1. The fourth-order valence-electron chi connectivity index (χ4n) is 4.08. The summed E-state index contributed by atoms with van der Waals surface area (Å²) in [5, 5.41) is 25.1. The van der Waals surface area contributed by atoms with Crippen molar-refractivity contribution in [3.8, 4) is 0 Å².